The Bertz CT molecular complexity index is 1530. The van der Waals surface area contributed by atoms with Gasteiger partial charge in [0.15, 0.2) is 0 Å². The van der Waals surface area contributed by atoms with Crippen LogP contribution in [0.5, 0.6) is 0 Å². The molecule has 6 rings (SSSR count). The van der Waals surface area contributed by atoms with Crippen LogP contribution in [0.4, 0.5) is 0 Å². The van der Waals surface area contributed by atoms with Crippen LogP contribution < -0.4 is 10.4 Å². The van der Waals surface area contributed by atoms with E-state index in [1.54, 1.807) is 5.57 Å². The molecule has 0 fully saturated rings. The van der Waals surface area contributed by atoms with Crippen molar-refractivity contribution in [2.75, 3.05) is 0 Å². The predicted molar refractivity (Wildman–Crippen MR) is 154 cm³/mol. The van der Waals surface area contributed by atoms with E-state index < -0.39 is 0 Å². The molecule has 0 saturated carbocycles. The van der Waals surface area contributed by atoms with Crippen molar-refractivity contribution in [1.29, 1.82) is 0 Å². The van der Waals surface area contributed by atoms with Crippen LogP contribution in [0, 0.1) is 12.8 Å². The summed E-state index contributed by atoms with van der Waals surface area (Å²) in [6.45, 7) is 7.11. The van der Waals surface area contributed by atoms with Crippen molar-refractivity contribution in [3.05, 3.63) is 136 Å². The van der Waals surface area contributed by atoms with Crippen molar-refractivity contribution >= 4 is 16.7 Å². The molecule has 3 aromatic rings. The average molecular weight is 469 g/mol. The lowest BCUT2D eigenvalue weighted by molar-refractivity contribution is 0.387. The molecule has 0 heteroatoms. The summed E-state index contributed by atoms with van der Waals surface area (Å²) in [6, 6.07) is 27.2. The van der Waals surface area contributed by atoms with E-state index in [1.807, 2.05) is 0 Å². The van der Waals surface area contributed by atoms with Crippen LogP contribution in [0.25, 0.3) is 16.7 Å². The van der Waals surface area contributed by atoms with Gasteiger partial charge in [-0.3, -0.25) is 0 Å². The van der Waals surface area contributed by atoms with Crippen LogP contribution in [-0.2, 0) is 5.41 Å². The summed E-state index contributed by atoms with van der Waals surface area (Å²) in [7, 11) is 0. The topological polar surface area (TPSA) is 0 Å². The molecule has 0 nitrogen and oxygen atoms in total. The first-order valence-corrected chi connectivity index (χ1v) is 13.6. The van der Waals surface area contributed by atoms with Gasteiger partial charge in [-0.2, -0.15) is 0 Å². The molecule has 0 heterocycles. The number of hydrogen-bond donors (Lipinski definition) is 0. The van der Waals surface area contributed by atoms with Crippen LogP contribution in [-0.4, -0.2) is 0 Å². The van der Waals surface area contributed by atoms with Gasteiger partial charge >= 0.3 is 0 Å². The molecule has 3 aliphatic carbocycles. The first-order valence-electron chi connectivity index (χ1n) is 13.6. The summed E-state index contributed by atoms with van der Waals surface area (Å²) in [5.74, 6) is 0.836. The Balaban J connectivity index is 1.39. The van der Waals surface area contributed by atoms with Gasteiger partial charge in [-0.25, -0.2) is 0 Å². The van der Waals surface area contributed by atoms with Crippen LogP contribution >= 0.6 is 0 Å². The summed E-state index contributed by atoms with van der Waals surface area (Å²) in [5, 5.41) is 2.87. The predicted octanol–water partition coefficient (Wildman–Crippen LogP) is 7.77. The van der Waals surface area contributed by atoms with Crippen molar-refractivity contribution in [2.24, 2.45) is 5.92 Å². The Morgan fingerprint density at radius 3 is 2.39 bits per heavy atom. The highest BCUT2D eigenvalue weighted by atomic mass is 14.4. The molecule has 0 saturated heterocycles. The van der Waals surface area contributed by atoms with E-state index >= 15 is 0 Å². The van der Waals surface area contributed by atoms with E-state index in [9.17, 15) is 0 Å². The molecule has 3 atom stereocenters. The zero-order chi connectivity index (χ0) is 24.7. The Labute approximate surface area is 216 Å². The molecule has 0 bridgehead atoms. The third-order valence-corrected chi connectivity index (χ3v) is 8.87. The average Bonchev–Trinajstić information content (AvgIpc) is 3.44. The second-order valence-corrected chi connectivity index (χ2v) is 11.0. The van der Waals surface area contributed by atoms with Gasteiger partial charge in [-0.15, -0.1) is 0 Å². The molecular formula is C36H36. The molecule has 3 aliphatic rings. The number of aryl methyl sites for hydroxylation is 1. The quantitative estimate of drug-likeness (QED) is 0.332. The first-order chi connectivity index (χ1) is 17.6. The van der Waals surface area contributed by atoms with Crippen LogP contribution in [0.1, 0.15) is 67.7 Å². The van der Waals surface area contributed by atoms with Gasteiger partial charge in [0.1, 0.15) is 0 Å². The third kappa shape index (κ3) is 3.66. The van der Waals surface area contributed by atoms with Crippen molar-refractivity contribution in [3.8, 4) is 0 Å². The minimum atomic E-state index is 0.0862. The Morgan fingerprint density at radius 2 is 1.56 bits per heavy atom. The molecule has 3 unspecified atom stereocenters. The Hall–Kier alpha value is -3.38. The minimum absolute atomic E-state index is 0.0862. The molecule has 0 aliphatic heterocycles. The number of benzene rings is 3. The van der Waals surface area contributed by atoms with Gasteiger partial charge in [0, 0.05) is 17.3 Å². The lowest BCUT2D eigenvalue weighted by Gasteiger charge is -2.37. The minimum Gasteiger partial charge on any atom is -0.0729 e. The van der Waals surface area contributed by atoms with Crippen LogP contribution in [0.2, 0.25) is 0 Å². The highest BCUT2D eigenvalue weighted by molar-refractivity contribution is 5.82. The maximum atomic E-state index is 2.63. The van der Waals surface area contributed by atoms with Gasteiger partial charge in [0.25, 0.3) is 0 Å². The van der Waals surface area contributed by atoms with Crippen molar-refractivity contribution in [2.45, 2.75) is 57.8 Å². The Morgan fingerprint density at radius 1 is 0.806 bits per heavy atom. The number of hydrogen-bond acceptors (Lipinski definition) is 0. The van der Waals surface area contributed by atoms with Gasteiger partial charge < -0.3 is 0 Å². The fourth-order valence-corrected chi connectivity index (χ4v) is 7.22. The molecule has 0 N–H and O–H groups in total. The molecule has 36 heavy (non-hydrogen) atoms. The second-order valence-electron chi connectivity index (χ2n) is 11.0. The third-order valence-electron chi connectivity index (χ3n) is 8.87. The highest BCUT2D eigenvalue weighted by Crippen LogP contribution is 2.51. The van der Waals surface area contributed by atoms with Gasteiger partial charge in [-0.1, -0.05) is 129 Å². The number of fused-ring (bicyclic) bond motifs is 3. The Kier molecular flexibility index (Phi) is 5.92. The number of rotatable bonds is 7. The van der Waals surface area contributed by atoms with Gasteiger partial charge in [0.05, 0.1) is 0 Å². The highest BCUT2D eigenvalue weighted by Gasteiger charge is 2.40. The summed E-state index contributed by atoms with van der Waals surface area (Å²) in [5.41, 5.74) is 10.6. The maximum Gasteiger partial charge on any atom is 0.0246 e. The maximum absolute atomic E-state index is 2.63. The molecule has 0 amide bonds. The van der Waals surface area contributed by atoms with E-state index in [2.05, 4.69) is 124 Å². The SMILES string of the molecule is CCCC(C)(c1ccccc1C)C1C=C(CCC2=c3ccccc3=C3C=CC=CC32)c2ccccc21. The van der Waals surface area contributed by atoms with Crippen molar-refractivity contribution in [1.82, 2.24) is 0 Å². The lowest BCUT2D eigenvalue weighted by atomic mass is 9.66. The molecule has 0 spiro atoms. The van der Waals surface area contributed by atoms with Crippen LogP contribution in [0.15, 0.2) is 103 Å². The first kappa shape index (κ1) is 23.0. The lowest BCUT2D eigenvalue weighted by Crippen LogP contribution is -2.29. The van der Waals surface area contributed by atoms with Gasteiger partial charge in [0.2, 0.25) is 0 Å². The summed E-state index contributed by atoms with van der Waals surface area (Å²) >= 11 is 0. The molecule has 0 aromatic heterocycles. The summed E-state index contributed by atoms with van der Waals surface area (Å²) < 4.78 is 0. The summed E-state index contributed by atoms with van der Waals surface area (Å²) in [4.78, 5) is 0. The number of allylic oxidation sites excluding steroid dienone is 6. The van der Waals surface area contributed by atoms with E-state index in [4.69, 9.17) is 0 Å². The monoisotopic (exact) mass is 468 g/mol. The fraction of sp³-hybridized carbons (Fsp3) is 0.278. The van der Waals surface area contributed by atoms with E-state index in [1.165, 1.54) is 56.7 Å². The zero-order valence-corrected chi connectivity index (χ0v) is 21.8. The molecule has 0 radical (unpaired) electrons. The zero-order valence-electron chi connectivity index (χ0n) is 21.8. The van der Waals surface area contributed by atoms with E-state index in [0.717, 1.165) is 12.8 Å². The van der Waals surface area contributed by atoms with E-state index in [0.29, 0.717) is 11.8 Å². The normalized spacial score (nSPS) is 21.1. The largest absolute Gasteiger partial charge is 0.0729 e. The molecule has 3 aromatic carbocycles. The van der Waals surface area contributed by atoms with Gasteiger partial charge in [-0.05, 0) is 70.0 Å². The van der Waals surface area contributed by atoms with Crippen LogP contribution in [0.3, 0.4) is 0 Å². The van der Waals surface area contributed by atoms with Crippen molar-refractivity contribution < 1.29 is 0 Å². The fourth-order valence-electron chi connectivity index (χ4n) is 7.22. The molecular weight excluding hydrogens is 432 g/mol. The second kappa shape index (κ2) is 9.25. The summed E-state index contributed by atoms with van der Waals surface area (Å²) in [6.07, 6.45) is 16.3. The smallest absolute Gasteiger partial charge is 0.0246 e. The standard InChI is InChI=1S/C36H36/c1-4-23-36(3,34-20-12-5-13-25(34)2)35-24-26(27-14-6-11-19-33(27)35)21-22-32-30-17-9-7-15-28(30)29-16-8-10-18-31(29)32/h5-20,24,30,35H,4,21-23H2,1-3H3. The molecule has 180 valence electrons. The van der Waals surface area contributed by atoms with Crippen molar-refractivity contribution in [3.63, 3.8) is 0 Å². The van der Waals surface area contributed by atoms with E-state index in [-0.39, 0.29) is 5.41 Å².